The number of aromatic carboxylic acids is 1. The molecule has 0 spiro atoms. The summed E-state index contributed by atoms with van der Waals surface area (Å²) in [6.07, 6.45) is 1.11. The lowest BCUT2D eigenvalue weighted by molar-refractivity contribution is 0.0102. The Bertz CT molecular complexity index is 355. The van der Waals surface area contributed by atoms with Gasteiger partial charge < -0.3 is 5.11 Å². The van der Waals surface area contributed by atoms with Gasteiger partial charge in [-0.2, -0.15) is 13.9 Å². The number of carboxylic acids is 1. The molecule has 1 aromatic rings. The van der Waals surface area contributed by atoms with Gasteiger partial charge in [0, 0.05) is 19.7 Å². The first-order valence-corrected chi connectivity index (χ1v) is 4.05. The van der Waals surface area contributed by atoms with E-state index in [2.05, 4.69) is 5.10 Å². The predicted octanol–water partition coefficient (Wildman–Crippen LogP) is 1.71. The van der Waals surface area contributed by atoms with Crippen LogP contribution >= 0.6 is 0 Å². The number of alkyl halides is 2. The Hall–Kier alpha value is -1.46. The molecule has 0 radical (unpaired) electrons. The van der Waals surface area contributed by atoms with Crippen LogP contribution in [0.4, 0.5) is 8.78 Å². The summed E-state index contributed by atoms with van der Waals surface area (Å²) in [7, 11) is 0. The molecule has 0 saturated heterocycles. The molecule has 0 unspecified atom stereocenters. The van der Waals surface area contributed by atoms with E-state index in [1.807, 2.05) is 0 Å². The zero-order valence-corrected chi connectivity index (χ0v) is 7.79. The van der Waals surface area contributed by atoms with Crippen LogP contribution in [0.15, 0.2) is 6.20 Å². The van der Waals surface area contributed by atoms with E-state index >= 15 is 0 Å². The van der Waals surface area contributed by atoms with Gasteiger partial charge in [-0.25, -0.2) is 4.79 Å². The van der Waals surface area contributed by atoms with Crippen LogP contribution in [-0.4, -0.2) is 20.9 Å². The Morgan fingerprint density at radius 3 is 2.57 bits per heavy atom. The maximum absolute atomic E-state index is 12.9. The number of aromatic nitrogens is 2. The smallest absolute Gasteiger partial charge is 0.339 e. The predicted molar refractivity (Wildman–Crippen MR) is 44.4 cm³/mol. The van der Waals surface area contributed by atoms with E-state index in [0.717, 1.165) is 6.20 Å². The summed E-state index contributed by atoms with van der Waals surface area (Å²) in [6.45, 7) is 2.67. The lowest BCUT2D eigenvalue weighted by atomic mass is 10.2. The van der Waals surface area contributed by atoms with Gasteiger partial charge >= 0.3 is 5.97 Å². The molecule has 0 saturated carbocycles. The monoisotopic (exact) mass is 204 g/mol. The van der Waals surface area contributed by atoms with Crippen LogP contribution in [0.5, 0.6) is 0 Å². The molecule has 0 aliphatic rings. The highest BCUT2D eigenvalue weighted by Crippen LogP contribution is 2.28. The normalized spacial score (nSPS) is 11.7. The van der Waals surface area contributed by atoms with Gasteiger partial charge in [0.05, 0.1) is 0 Å². The maximum atomic E-state index is 12.9. The Balaban J connectivity index is 3.26. The number of carboxylic acid groups (broad SMARTS) is 1. The van der Waals surface area contributed by atoms with Gasteiger partial charge in [-0.05, 0) is 6.92 Å². The Morgan fingerprint density at radius 2 is 2.29 bits per heavy atom. The summed E-state index contributed by atoms with van der Waals surface area (Å²) in [6, 6.07) is 0. The fraction of sp³-hybridized carbons (Fsp3) is 0.500. The van der Waals surface area contributed by atoms with Crippen molar-refractivity contribution < 1.29 is 18.7 Å². The lowest BCUT2D eigenvalue weighted by Gasteiger charge is -2.06. The van der Waals surface area contributed by atoms with Gasteiger partial charge in [0.2, 0.25) is 0 Å². The van der Waals surface area contributed by atoms with Crippen LogP contribution in [0.2, 0.25) is 0 Å². The quantitative estimate of drug-likeness (QED) is 0.815. The molecule has 0 aromatic carbocycles. The maximum Gasteiger partial charge on any atom is 0.339 e. The molecule has 0 aliphatic heterocycles. The van der Waals surface area contributed by atoms with Crippen LogP contribution in [0, 0.1) is 0 Å². The summed E-state index contributed by atoms with van der Waals surface area (Å²) >= 11 is 0. The molecule has 14 heavy (non-hydrogen) atoms. The number of nitrogens with zero attached hydrogens (tertiary/aromatic N) is 2. The van der Waals surface area contributed by atoms with Crippen LogP contribution < -0.4 is 0 Å². The highest BCUT2D eigenvalue weighted by Gasteiger charge is 2.33. The first-order chi connectivity index (χ1) is 6.36. The Kier molecular flexibility index (Phi) is 2.55. The third-order valence-corrected chi connectivity index (χ3v) is 1.73. The van der Waals surface area contributed by atoms with Crippen molar-refractivity contribution in [1.29, 1.82) is 0 Å². The van der Waals surface area contributed by atoms with Crippen molar-refractivity contribution in [1.82, 2.24) is 9.78 Å². The molecule has 78 valence electrons. The van der Waals surface area contributed by atoms with Gasteiger partial charge in [0.1, 0.15) is 11.3 Å². The zero-order chi connectivity index (χ0) is 10.9. The molecule has 1 N–H and O–H groups in total. The molecular formula is C8H10F2N2O2. The minimum atomic E-state index is -3.23. The lowest BCUT2D eigenvalue weighted by Crippen LogP contribution is -2.13. The van der Waals surface area contributed by atoms with Gasteiger partial charge in [-0.3, -0.25) is 4.68 Å². The third kappa shape index (κ3) is 1.89. The molecule has 0 aliphatic carbocycles. The first kappa shape index (κ1) is 10.6. The van der Waals surface area contributed by atoms with Crippen molar-refractivity contribution in [2.45, 2.75) is 26.3 Å². The van der Waals surface area contributed by atoms with E-state index < -0.39 is 23.1 Å². The topological polar surface area (TPSA) is 55.1 Å². The fourth-order valence-electron chi connectivity index (χ4n) is 1.06. The number of hydrogen-bond donors (Lipinski definition) is 1. The van der Waals surface area contributed by atoms with Gasteiger partial charge in [-0.15, -0.1) is 0 Å². The summed E-state index contributed by atoms with van der Waals surface area (Å²) in [5.41, 5.74) is -1.13. The minimum absolute atomic E-state index is 0.357. The Morgan fingerprint density at radius 1 is 1.71 bits per heavy atom. The third-order valence-electron chi connectivity index (χ3n) is 1.73. The molecule has 0 amide bonds. The summed E-state index contributed by atoms with van der Waals surface area (Å²) in [5, 5.41) is 12.2. The molecule has 1 heterocycles. The summed E-state index contributed by atoms with van der Waals surface area (Å²) < 4.78 is 26.9. The highest BCUT2D eigenvalue weighted by molar-refractivity contribution is 5.88. The number of halogens is 2. The number of carbonyl (C=O) groups is 1. The summed E-state index contributed by atoms with van der Waals surface area (Å²) in [4.78, 5) is 10.6. The van der Waals surface area contributed by atoms with Crippen molar-refractivity contribution >= 4 is 5.97 Å². The van der Waals surface area contributed by atoms with E-state index in [1.165, 1.54) is 4.68 Å². The molecule has 6 heteroatoms. The number of aryl methyl sites for hydroxylation is 1. The SMILES string of the molecule is CCn1cc(C(=O)O)c(C(C)(F)F)n1. The second-order valence-electron chi connectivity index (χ2n) is 2.94. The van der Waals surface area contributed by atoms with Gasteiger partial charge in [0.15, 0.2) is 0 Å². The number of rotatable bonds is 3. The van der Waals surface area contributed by atoms with Gasteiger partial charge in [-0.1, -0.05) is 0 Å². The molecule has 0 bridgehead atoms. The van der Waals surface area contributed by atoms with Crippen LogP contribution in [-0.2, 0) is 12.5 Å². The molecule has 1 rings (SSSR count). The van der Waals surface area contributed by atoms with Crippen molar-refractivity contribution in [2.75, 3.05) is 0 Å². The largest absolute Gasteiger partial charge is 0.478 e. The average molecular weight is 204 g/mol. The zero-order valence-electron chi connectivity index (χ0n) is 7.79. The number of hydrogen-bond acceptors (Lipinski definition) is 2. The molecule has 0 fully saturated rings. The van der Waals surface area contributed by atoms with Crippen molar-refractivity contribution in [2.24, 2.45) is 0 Å². The second kappa shape index (κ2) is 3.36. The molecule has 4 nitrogen and oxygen atoms in total. The van der Waals surface area contributed by atoms with E-state index in [4.69, 9.17) is 5.11 Å². The van der Waals surface area contributed by atoms with Crippen LogP contribution in [0.3, 0.4) is 0 Å². The average Bonchev–Trinajstić information content (AvgIpc) is 2.46. The second-order valence-corrected chi connectivity index (χ2v) is 2.94. The van der Waals surface area contributed by atoms with E-state index in [0.29, 0.717) is 13.5 Å². The summed E-state index contributed by atoms with van der Waals surface area (Å²) in [5.74, 6) is -4.62. The van der Waals surface area contributed by atoms with Crippen molar-refractivity contribution in [3.63, 3.8) is 0 Å². The fourth-order valence-corrected chi connectivity index (χ4v) is 1.06. The van der Waals surface area contributed by atoms with E-state index in [-0.39, 0.29) is 0 Å². The Labute approximate surface area is 79.2 Å². The molecule has 1 aromatic heterocycles. The van der Waals surface area contributed by atoms with Crippen molar-refractivity contribution in [3.05, 3.63) is 17.5 Å². The van der Waals surface area contributed by atoms with Crippen LogP contribution in [0.1, 0.15) is 29.9 Å². The van der Waals surface area contributed by atoms with Crippen LogP contribution in [0.25, 0.3) is 0 Å². The first-order valence-electron chi connectivity index (χ1n) is 4.05. The minimum Gasteiger partial charge on any atom is -0.478 e. The van der Waals surface area contributed by atoms with Gasteiger partial charge in [0.25, 0.3) is 5.92 Å². The molecule has 0 atom stereocenters. The standard InChI is InChI=1S/C8H10F2N2O2/c1-3-12-4-5(7(13)14)6(11-12)8(2,9)10/h4H,3H2,1-2H3,(H,13,14). The van der Waals surface area contributed by atoms with E-state index in [9.17, 15) is 13.6 Å². The van der Waals surface area contributed by atoms with E-state index in [1.54, 1.807) is 6.92 Å². The highest BCUT2D eigenvalue weighted by atomic mass is 19.3. The molecular weight excluding hydrogens is 194 g/mol. The van der Waals surface area contributed by atoms with Crippen molar-refractivity contribution in [3.8, 4) is 0 Å².